The molecule has 0 bridgehead atoms. The van der Waals surface area contributed by atoms with Crippen LogP contribution in [0.25, 0.3) is 0 Å². The molecule has 0 amide bonds. The summed E-state index contributed by atoms with van der Waals surface area (Å²) in [4.78, 5) is 0. The van der Waals surface area contributed by atoms with Crippen LogP contribution in [0.15, 0.2) is 28.7 Å². The number of hydrogen-bond acceptors (Lipinski definition) is 2. The maximum Gasteiger partial charge on any atom is 0.125 e. The van der Waals surface area contributed by atoms with Crippen molar-refractivity contribution in [1.82, 2.24) is 0 Å². The van der Waals surface area contributed by atoms with Gasteiger partial charge in [0.15, 0.2) is 0 Å². The van der Waals surface area contributed by atoms with Crippen LogP contribution in [0.1, 0.15) is 0 Å². The van der Waals surface area contributed by atoms with Crippen LogP contribution >= 0.6 is 15.9 Å². The highest BCUT2D eigenvalue weighted by molar-refractivity contribution is 9.10. The average Bonchev–Trinajstić information content (AvgIpc) is 2.33. The van der Waals surface area contributed by atoms with E-state index in [1.54, 1.807) is 0 Å². The summed E-state index contributed by atoms with van der Waals surface area (Å²) in [7, 11) is 0. The van der Waals surface area contributed by atoms with E-state index >= 15 is 0 Å². The lowest BCUT2D eigenvalue weighted by Crippen LogP contribution is -2.88. The molecule has 1 aromatic carbocycles. The van der Waals surface area contributed by atoms with Gasteiger partial charge in [0.1, 0.15) is 25.4 Å². The van der Waals surface area contributed by atoms with Crippen molar-refractivity contribution in [2.24, 2.45) is 0 Å². The summed E-state index contributed by atoms with van der Waals surface area (Å²) in [5, 5.41) is 2.21. The molecule has 1 rings (SSSR count). The zero-order valence-corrected chi connectivity index (χ0v) is 11.6. The lowest BCUT2D eigenvalue weighted by molar-refractivity contribution is -0.671. The molecule has 0 aliphatic rings. The molecule has 0 saturated carbocycles. The monoisotopic (exact) mass is 304 g/mol. The van der Waals surface area contributed by atoms with Crippen molar-refractivity contribution < 1.29 is 20.5 Å². The minimum absolute atomic E-state index is 0.589. The summed E-state index contributed by atoms with van der Waals surface area (Å²) < 4.78 is 12.0. The second-order valence-electron chi connectivity index (χ2n) is 3.64. The second-order valence-corrected chi connectivity index (χ2v) is 4.55. The van der Waals surface area contributed by atoms with Crippen molar-refractivity contribution in [3.8, 4) is 5.75 Å². The van der Waals surface area contributed by atoms with Crippen LogP contribution in [0, 0.1) is 0 Å². The Hall–Kier alpha value is -0.620. The van der Waals surface area contributed by atoms with Gasteiger partial charge in [0.05, 0.1) is 19.8 Å². The van der Waals surface area contributed by atoms with Gasteiger partial charge < -0.3 is 20.5 Å². The number of halogens is 1. The average molecular weight is 305 g/mol. The SMILES string of the molecule is [NH3+]CC[NH2+]CCOCCOc1cccc(Br)c1. The summed E-state index contributed by atoms with van der Waals surface area (Å²) in [6.07, 6.45) is 0. The molecule has 0 aliphatic carbocycles. The van der Waals surface area contributed by atoms with Gasteiger partial charge in [-0.15, -0.1) is 0 Å². The van der Waals surface area contributed by atoms with E-state index in [0.29, 0.717) is 13.2 Å². The van der Waals surface area contributed by atoms with Gasteiger partial charge in [-0.3, -0.25) is 0 Å². The van der Waals surface area contributed by atoms with Gasteiger partial charge in [0, 0.05) is 4.47 Å². The summed E-state index contributed by atoms with van der Waals surface area (Å²) >= 11 is 3.40. The number of rotatable bonds is 9. The van der Waals surface area contributed by atoms with E-state index in [4.69, 9.17) is 9.47 Å². The van der Waals surface area contributed by atoms with Crippen LogP contribution in [-0.4, -0.2) is 39.5 Å². The second kappa shape index (κ2) is 9.41. The predicted octanol–water partition coefficient (Wildman–Crippen LogP) is -0.350. The first kappa shape index (κ1) is 14.4. The van der Waals surface area contributed by atoms with Crippen LogP contribution in [0.3, 0.4) is 0 Å². The predicted molar refractivity (Wildman–Crippen MR) is 69.9 cm³/mol. The third-order valence-corrected chi connectivity index (χ3v) is 2.66. The summed E-state index contributed by atoms with van der Waals surface area (Å²) in [6, 6.07) is 7.81. The van der Waals surface area contributed by atoms with Crippen molar-refractivity contribution in [1.29, 1.82) is 0 Å². The van der Waals surface area contributed by atoms with Crippen LogP contribution in [0.5, 0.6) is 5.75 Å². The van der Waals surface area contributed by atoms with Gasteiger partial charge in [-0.2, -0.15) is 0 Å². The molecular formula is C12H21BrN2O2+2. The highest BCUT2D eigenvalue weighted by Gasteiger charge is 1.95. The standard InChI is InChI=1S/C12H19BrN2O2/c13-11-2-1-3-12(10-11)17-9-8-16-7-6-15-5-4-14/h1-3,10,15H,4-9,14H2/p+2. The highest BCUT2D eigenvalue weighted by Crippen LogP contribution is 2.17. The Labute approximate surface area is 111 Å². The summed E-state index contributed by atoms with van der Waals surface area (Å²) in [6.45, 7) is 5.01. The van der Waals surface area contributed by atoms with Gasteiger partial charge in [0.2, 0.25) is 0 Å². The Morgan fingerprint density at radius 3 is 2.82 bits per heavy atom. The lowest BCUT2D eigenvalue weighted by Gasteiger charge is -2.06. The first-order chi connectivity index (χ1) is 8.33. The van der Waals surface area contributed by atoms with Crippen LogP contribution < -0.4 is 15.8 Å². The van der Waals surface area contributed by atoms with E-state index in [9.17, 15) is 0 Å². The van der Waals surface area contributed by atoms with E-state index in [2.05, 4.69) is 27.0 Å². The largest absolute Gasteiger partial charge is 0.491 e. The van der Waals surface area contributed by atoms with Crippen molar-refractivity contribution in [3.63, 3.8) is 0 Å². The summed E-state index contributed by atoms with van der Waals surface area (Å²) in [5.74, 6) is 0.867. The van der Waals surface area contributed by atoms with E-state index in [1.807, 2.05) is 24.3 Å². The minimum atomic E-state index is 0.589. The van der Waals surface area contributed by atoms with E-state index in [-0.39, 0.29) is 0 Å². The smallest absolute Gasteiger partial charge is 0.125 e. The topological polar surface area (TPSA) is 62.7 Å². The quantitative estimate of drug-likeness (QED) is 0.613. The molecule has 0 fully saturated rings. The van der Waals surface area contributed by atoms with Gasteiger partial charge in [-0.1, -0.05) is 22.0 Å². The van der Waals surface area contributed by atoms with Gasteiger partial charge in [0.25, 0.3) is 0 Å². The van der Waals surface area contributed by atoms with Gasteiger partial charge >= 0.3 is 0 Å². The Bertz CT molecular complexity index is 310. The maximum absolute atomic E-state index is 5.54. The normalized spacial score (nSPS) is 10.5. The number of ether oxygens (including phenoxy) is 2. The maximum atomic E-state index is 5.54. The molecule has 4 nitrogen and oxygen atoms in total. The van der Waals surface area contributed by atoms with Crippen molar-refractivity contribution in [2.75, 3.05) is 39.5 Å². The molecule has 5 heteroatoms. The molecule has 0 spiro atoms. The Morgan fingerprint density at radius 2 is 2.06 bits per heavy atom. The van der Waals surface area contributed by atoms with Crippen molar-refractivity contribution >= 4 is 15.9 Å². The number of hydrogen-bond donors (Lipinski definition) is 2. The molecule has 0 unspecified atom stereocenters. The van der Waals surface area contributed by atoms with Crippen LogP contribution in [-0.2, 0) is 4.74 Å². The molecule has 0 heterocycles. The third-order valence-electron chi connectivity index (χ3n) is 2.17. The van der Waals surface area contributed by atoms with E-state index in [0.717, 1.165) is 36.5 Å². The molecule has 5 N–H and O–H groups in total. The first-order valence-corrected chi connectivity index (χ1v) is 6.69. The van der Waals surface area contributed by atoms with E-state index < -0.39 is 0 Å². The fraction of sp³-hybridized carbons (Fsp3) is 0.500. The fourth-order valence-electron chi connectivity index (χ4n) is 1.33. The first-order valence-electron chi connectivity index (χ1n) is 5.90. The zero-order valence-electron chi connectivity index (χ0n) is 10.0. The lowest BCUT2D eigenvalue weighted by atomic mass is 10.3. The molecule has 96 valence electrons. The Morgan fingerprint density at radius 1 is 1.18 bits per heavy atom. The third kappa shape index (κ3) is 7.33. The molecule has 0 atom stereocenters. The highest BCUT2D eigenvalue weighted by atomic mass is 79.9. The van der Waals surface area contributed by atoms with Gasteiger partial charge in [-0.25, -0.2) is 0 Å². The molecule has 0 saturated heterocycles. The zero-order chi connectivity index (χ0) is 12.3. The molecule has 0 aliphatic heterocycles. The number of benzene rings is 1. The fourth-order valence-corrected chi connectivity index (χ4v) is 1.71. The Balaban J connectivity index is 1.97. The molecule has 1 aromatic rings. The van der Waals surface area contributed by atoms with Crippen LogP contribution in [0.4, 0.5) is 0 Å². The molecular weight excluding hydrogens is 284 g/mol. The van der Waals surface area contributed by atoms with E-state index in [1.165, 1.54) is 0 Å². The van der Waals surface area contributed by atoms with Crippen LogP contribution in [0.2, 0.25) is 0 Å². The Kier molecular flexibility index (Phi) is 8.00. The molecule has 0 radical (unpaired) electrons. The minimum Gasteiger partial charge on any atom is -0.491 e. The number of nitrogens with two attached hydrogens (primary N) is 1. The summed E-state index contributed by atoms with van der Waals surface area (Å²) in [5.41, 5.74) is 3.78. The molecule has 17 heavy (non-hydrogen) atoms. The van der Waals surface area contributed by atoms with Gasteiger partial charge in [-0.05, 0) is 18.2 Å². The molecule has 0 aromatic heterocycles. The van der Waals surface area contributed by atoms with Crippen molar-refractivity contribution in [3.05, 3.63) is 28.7 Å². The number of quaternary nitrogens is 2. The van der Waals surface area contributed by atoms with Crippen molar-refractivity contribution in [2.45, 2.75) is 0 Å².